The molecule has 0 aromatic heterocycles. The fourth-order valence-corrected chi connectivity index (χ4v) is 3.37. The zero-order chi connectivity index (χ0) is 20.0. The highest BCUT2D eigenvalue weighted by Gasteiger charge is 2.59. The lowest BCUT2D eigenvalue weighted by atomic mass is 9.97. The number of nitrogens with zero attached hydrogens (tertiary/aromatic N) is 1. The highest BCUT2D eigenvalue weighted by atomic mass is 32.1. The van der Waals surface area contributed by atoms with Crippen LogP contribution in [0.5, 0.6) is 5.75 Å². The van der Waals surface area contributed by atoms with Gasteiger partial charge in [0.25, 0.3) is 6.43 Å². The minimum atomic E-state index is -5.79. The van der Waals surface area contributed by atoms with E-state index >= 15 is 0 Å². The van der Waals surface area contributed by atoms with Crippen molar-refractivity contribution in [3.8, 4) is 5.75 Å². The van der Waals surface area contributed by atoms with Crippen molar-refractivity contribution in [1.82, 2.24) is 4.90 Å². The monoisotopic (exact) mass is 413 g/mol. The molecular weight excluding hydrogens is 399 g/mol. The number of ether oxygens (including phenoxy) is 1. The van der Waals surface area contributed by atoms with E-state index in [-0.39, 0.29) is 17.0 Å². The van der Waals surface area contributed by atoms with E-state index < -0.39 is 30.2 Å². The quantitative estimate of drug-likeness (QED) is 0.478. The standard InChI is InChI=1S/C17H14F7NOS/c18-15(19)13-8-11(25-6-2-1-3-14(25)27)10-7-9(4-5-12(10)26-13)16(20,21)17(22,23)24/h4-5,7-8,13,15H,1-3,6H2. The fraction of sp³-hybridized carbons (Fsp3) is 0.471. The lowest BCUT2D eigenvalue weighted by Gasteiger charge is -2.36. The lowest BCUT2D eigenvalue weighted by molar-refractivity contribution is -0.289. The minimum absolute atomic E-state index is 0.0751. The van der Waals surface area contributed by atoms with Crippen LogP contribution in [-0.2, 0) is 5.92 Å². The van der Waals surface area contributed by atoms with E-state index in [9.17, 15) is 30.7 Å². The second kappa shape index (κ2) is 6.96. The first-order chi connectivity index (χ1) is 12.5. The molecule has 10 heteroatoms. The van der Waals surface area contributed by atoms with Crippen molar-refractivity contribution in [2.45, 2.75) is 43.9 Å². The summed E-state index contributed by atoms with van der Waals surface area (Å²) in [6.45, 7) is 0.361. The maximum atomic E-state index is 13.7. The van der Waals surface area contributed by atoms with E-state index in [0.29, 0.717) is 36.5 Å². The second-order valence-electron chi connectivity index (χ2n) is 6.25. The van der Waals surface area contributed by atoms with Crippen LogP contribution in [-0.4, -0.2) is 35.1 Å². The van der Waals surface area contributed by atoms with Gasteiger partial charge in [-0.3, -0.25) is 0 Å². The Balaban J connectivity index is 2.10. The number of fused-ring (bicyclic) bond motifs is 1. The van der Waals surface area contributed by atoms with Gasteiger partial charge in [-0.2, -0.15) is 22.0 Å². The predicted octanol–water partition coefficient (Wildman–Crippen LogP) is 5.52. The zero-order valence-electron chi connectivity index (χ0n) is 13.7. The van der Waals surface area contributed by atoms with Crippen molar-refractivity contribution in [2.24, 2.45) is 0 Å². The third kappa shape index (κ3) is 3.63. The molecule has 0 saturated carbocycles. The van der Waals surface area contributed by atoms with Gasteiger partial charge >= 0.3 is 12.1 Å². The third-order valence-electron chi connectivity index (χ3n) is 4.42. The molecule has 0 aliphatic carbocycles. The number of halogens is 7. The van der Waals surface area contributed by atoms with E-state index in [2.05, 4.69) is 0 Å². The van der Waals surface area contributed by atoms with Gasteiger partial charge in [0, 0.05) is 17.7 Å². The fourth-order valence-electron chi connectivity index (χ4n) is 3.04. The summed E-state index contributed by atoms with van der Waals surface area (Å²) in [5.74, 6) is -5.28. The van der Waals surface area contributed by atoms with E-state index in [1.54, 1.807) is 0 Å². The first-order valence-corrected chi connectivity index (χ1v) is 8.49. The van der Waals surface area contributed by atoms with Gasteiger partial charge in [0.2, 0.25) is 0 Å². The van der Waals surface area contributed by atoms with Crippen LogP contribution < -0.4 is 4.74 Å². The summed E-state index contributed by atoms with van der Waals surface area (Å²) in [5.41, 5.74) is -1.33. The van der Waals surface area contributed by atoms with Crippen LogP contribution in [0.1, 0.15) is 30.4 Å². The Morgan fingerprint density at radius 1 is 1.11 bits per heavy atom. The normalized spacial score (nSPS) is 21.0. The molecule has 27 heavy (non-hydrogen) atoms. The molecule has 0 amide bonds. The number of likely N-dealkylation sites (tertiary alicyclic amines) is 1. The number of hydrogen-bond acceptors (Lipinski definition) is 2. The largest absolute Gasteiger partial charge is 0.480 e. The molecule has 3 rings (SSSR count). The number of alkyl halides is 7. The Morgan fingerprint density at radius 2 is 1.81 bits per heavy atom. The van der Waals surface area contributed by atoms with Gasteiger partial charge in [-0.15, -0.1) is 0 Å². The molecule has 2 aliphatic heterocycles. The van der Waals surface area contributed by atoms with Gasteiger partial charge in [-0.25, -0.2) is 8.78 Å². The van der Waals surface area contributed by atoms with Crippen LogP contribution in [0.4, 0.5) is 30.7 Å². The van der Waals surface area contributed by atoms with Gasteiger partial charge in [0.15, 0.2) is 6.10 Å². The van der Waals surface area contributed by atoms with Crippen molar-refractivity contribution in [2.75, 3.05) is 6.54 Å². The molecule has 0 N–H and O–H groups in total. The summed E-state index contributed by atoms with van der Waals surface area (Å²) in [5, 5.41) is 0. The molecule has 1 unspecified atom stereocenters. The molecule has 1 aromatic carbocycles. The Kier molecular flexibility index (Phi) is 5.13. The number of hydrogen-bond donors (Lipinski definition) is 0. The Labute approximate surface area is 155 Å². The van der Waals surface area contributed by atoms with Gasteiger partial charge in [0.05, 0.1) is 10.7 Å². The maximum Gasteiger partial charge on any atom is 0.458 e. The van der Waals surface area contributed by atoms with Crippen molar-refractivity contribution in [3.63, 3.8) is 0 Å². The third-order valence-corrected chi connectivity index (χ3v) is 4.85. The molecule has 0 bridgehead atoms. The summed E-state index contributed by atoms with van der Waals surface area (Å²) < 4.78 is 97.1. The van der Waals surface area contributed by atoms with Gasteiger partial charge in [-0.05, 0) is 43.5 Å². The number of rotatable bonds is 3. The summed E-state index contributed by atoms with van der Waals surface area (Å²) in [6, 6.07) is 2.03. The molecule has 2 nitrogen and oxygen atoms in total. The van der Waals surface area contributed by atoms with Gasteiger partial charge < -0.3 is 9.64 Å². The topological polar surface area (TPSA) is 12.5 Å². The molecule has 1 fully saturated rings. The van der Waals surface area contributed by atoms with Crippen LogP contribution >= 0.6 is 12.2 Å². The van der Waals surface area contributed by atoms with Crippen molar-refractivity contribution in [3.05, 3.63) is 35.4 Å². The maximum absolute atomic E-state index is 13.7. The summed E-state index contributed by atoms with van der Waals surface area (Å²) >= 11 is 5.24. The first-order valence-electron chi connectivity index (χ1n) is 8.09. The SMILES string of the molecule is FC(F)C1C=C(N2CCCCC2=S)c2cc(C(F)(F)C(F)(F)F)ccc2O1. The average molecular weight is 413 g/mol. The molecule has 2 heterocycles. The molecule has 1 saturated heterocycles. The highest BCUT2D eigenvalue weighted by molar-refractivity contribution is 7.80. The minimum Gasteiger partial charge on any atom is -0.480 e. The molecular formula is C17H14F7NOS. The molecule has 148 valence electrons. The summed E-state index contributed by atoms with van der Waals surface area (Å²) in [7, 11) is 0. The predicted molar refractivity (Wildman–Crippen MR) is 87.9 cm³/mol. The van der Waals surface area contributed by atoms with Crippen molar-refractivity contribution >= 4 is 22.9 Å². The molecule has 2 aliphatic rings. The van der Waals surface area contributed by atoms with Gasteiger partial charge in [0.1, 0.15) is 5.75 Å². The average Bonchev–Trinajstić information content (AvgIpc) is 2.59. The first kappa shape index (κ1) is 19.9. The Hall–Kier alpha value is -1.84. The van der Waals surface area contributed by atoms with Crippen LogP contribution in [0.3, 0.4) is 0 Å². The zero-order valence-corrected chi connectivity index (χ0v) is 14.5. The second-order valence-corrected chi connectivity index (χ2v) is 6.73. The van der Waals surface area contributed by atoms with Crippen LogP contribution in [0.2, 0.25) is 0 Å². The van der Waals surface area contributed by atoms with E-state index in [1.165, 1.54) is 4.90 Å². The van der Waals surface area contributed by atoms with Crippen LogP contribution in [0.15, 0.2) is 24.3 Å². The summed E-state index contributed by atoms with van der Waals surface area (Å²) in [6.07, 6.45) is -7.33. The lowest BCUT2D eigenvalue weighted by Crippen LogP contribution is -2.37. The number of thiocarbonyl (C=S) groups is 1. The van der Waals surface area contributed by atoms with E-state index in [0.717, 1.165) is 18.6 Å². The number of piperidine rings is 1. The van der Waals surface area contributed by atoms with E-state index in [4.69, 9.17) is 17.0 Å². The van der Waals surface area contributed by atoms with Crippen LogP contribution in [0, 0.1) is 0 Å². The highest BCUT2D eigenvalue weighted by Crippen LogP contribution is 2.46. The smallest absolute Gasteiger partial charge is 0.458 e. The van der Waals surface area contributed by atoms with Gasteiger partial charge in [-0.1, -0.05) is 12.2 Å². The number of benzene rings is 1. The molecule has 0 radical (unpaired) electrons. The Morgan fingerprint density at radius 3 is 2.41 bits per heavy atom. The molecule has 1 atom stereocenters. The van der Waals surface area contributed by atoms with E-state index in [1.807, 2.05) is 0 Å². The van der Waals surface area contributed by atoms with Crippen LogP contribution in [0.25, 0.3) is 5.70 Å². The van der Waals surface area contributed by atoms with Crippen molar-refractivity contribution < 1.29 is 35.5 Å². The molecule has 1 aromatic rings. The summed E-state index contributed by atoms with van der Waals surface area (Å²) in [4.78, 5) is 1.92. The molecule has 0 spiro atoms. The van der Waals surface area contributed by atoms with Crippen molar-refractivity contribution in [1.29, 1.82) is 0 Å². The Bertz CT molecular complexity index is 775.